The van der Waals surface area contributed by atoms with Crippen LogP contribution in [0.2, 0.25) is 5.02 Å². The molecule has 1 aliphatic heterocycles. The zero-order valence-corrected chi connectivity index (χ0v) is 22.6. The molecule has 38 heavy (non-hydrogen) atoms. The molecule has 2 aromatic heterocycles. The number of fused-ring (bicyclic) bond motifs is 1. The molecule has 1 unspecified atom stereocenters. The molecule has 202 valence electrons. The monoisotopic (exact) mass is 539 g/mol. The Labute approximate surface area is 227 Å². The van der Waals surface area contributed by atoms with Crippen molar-refractivity contribution in [2.24, 2.45) is 17.6 Å². The van der Waals surface area contributed by atoms with Gasteiger partial charge in [-0.3, -0.25) is 5.41 Å². The molecule has 2 fully saturated rings. The number of hydrogen-bond donors (Lipinski definition) is 2. The number of carbonyl (C=O) groups is 1. The van der Waals surface area contributed by atoms with Gasteiger partial charge in [0, 0.05) is 23.7 Å². The van der Waals surface area contributed by atoms with E-state index >= 15 is 0 Å². The molecule has 1 saturated heterocycles. The molecule has 11 heteroatoms. The molecule has 5 rings (SSSR count). The van der Waals surface area contributed by atoms with E-state index in [1.165, 1.54) is 32.1 Å². The fraction of sp³-hybridized carbons (Fsp3) is 0.519. The molecule has 0 bridgehead atoms. The fourth-order valence-corrected chi connectivity index (χ4v) is 5.74. The highest BCUT2D eigenvalue weighted by Gasteiger charge is 2.32. The lowest BCUT2D eigenvalue weighted by molar-refractivity contribution is 0.0792. The molecule has 1 aromatic carbocycles. The predicted molar refractivity (Wildman–Crippen MR) is 147 cm³/mol. The molecule has 1 amide bonds. The first-order valence-electron chi connectivity index (χ1n) is 13.3. The minimum absolute atomic E-state index is 0.0671. The number of ether oxygens (including phenoxy) is 2. The van der Waals surface area contributed by atoms with Crippen molar-refractivity contribution in [3.05, 3.63) is 35.1 Å². The van der Waals surface area contributed by atoms with E-state index in [1.807, 2.05) is 18.2 Å². The number of nitrogens with one attached hydrogen (secondary N) is 1. The van der Waals surface area contributed by atoms with Gasteiger partial charge in [-0.05, 0) is 36.8 Å². The number of anilines is 1. The van der Waals surface area contributed by atoms with Crippen LogP contribution in [-0.2, 0) is 16.0 Å². The second-order valence-electron chi connectivity index (χ2n) is 10.4. The molecule has 2 aliphatic rings. The number of imidazole rings is 1. The van der Waals surface area contributed by atoms with Crippen LogP contribution in [0, 0.1) is 17.2 Å². The van der Waals surface area contributed by atoms with Crippen molar-refractivity contribution in [2.45, 2.75) is 58.5 Å². The number of hydrogen-bond acceptors (Lipinski definition) is 8. The number of halogens is 1. The van der Waals surface area contributed by atoms with Gasteiger partial charge < -0.3 is 24.7 Å². The molecule has 3 aromatic rings. The molecular formula is C27H34ClN7O3. The number of benzene rings is 1. The summed E-state index contributed by atoms with van der Waals surface area (Å²) in [6.07, 6.45) is 4.95. The van der Waals surface area contributed by atoms with Crippen LogP contribution >= 0.6 is 11.6 Å². The van der Waals surface area contributed by atoms with Crippen LogP contribution < -0.4 is 10.6 Å². The molecule has 1 saturated carbocycles. The zero-order valence-electron chi connectivity index (χ0n) is 21.8. The number of aromatic nitrogens is 4. The number of carbonyl (C=O) groups excluding carboxylic acids is 1. The van der Waals surface area contributed by atoms with Crippen LogP contribution in [0.5, 0.6) is 0 Å². The van der Waals surface area contributed by atoms with E-state index in [0.29, 0.717) is 48.0 Å². The lowest BCUT2D eigenvalue weighted by atomic mass is 9.89. The number of rotatable bonds is 6. The molecule has 0 radical (unpaired) electrons. The van der Waals surface area contributed by atoms with Gasteiger partial charge in [-0.15, -0.1) is 0 Å². The Morgan fingerprint density at radius 3 is 2.74 bits per heavy atom. The van der Waals surface area contributed by atoms with Gasteiger partial charge in [0.25, 0.3) is 5.90 Å². The number of amides is 1. The lowest BCUT2D eigenvalue weighted by Crippen LogP contribution is -2.49. The number of primary amides is 1. The first kappa shape index (κ1) is 26.4. The normalized spacial score (nSPS) is 18.7. The summed E-state index contributed by atoms with van der Waals surface area (Å²) in [6.45, 7) is 7.13. The van der Waals surface area contributed by atoms with Crippen LogP contribution in [-0.4, -0.2) is 57.3 Å². The summed E-state index contributed by atoms with van der Waals surface area (Å²) in [7, 11) is 0. The molecule has 0 spiro atoms. The van der Waals surface area contributed by atoms with Crippen LogP contribution in [0.25, 0.3) is 22.4 Å². The molecule has 3 N–H and O–H groups in total. The summed E-state index contributed by atoms with van der Waals surface area (Å²) >= 11 is 6.38. The van der Waals surface area contributed by atoms with Crippen molar-refractivity contribution in [1.82, 2.24) is 19.5 Å². The Kier molecular flexibility index (Phi) is 7.80. The Morgan fingerprint density at radius 1 is 1.24 bits per heavy atom. The van der Waals surface area contributed by atoms with E-state index in [4.69, 9.17) is 42.2 Å². The SMILES string of the molecule is CC(C)C1COCCN1c1nc2nc(C(=N)OC(N)=O)nc(-c3cccc(Cl)c3)c2n1CC1CCCCC1. The lowest BCUT2D eigenvalue weighted by Gasteiger charge is -2.39. The van der Waals surface area contributed by atoms with Gasteiger partial charge in [-0.1, -0.05) is 56.8 Å². The van der Waals surface area contributed by atoms with Gasteiger partial charge in [-0.2, -0.15) is 4.98 Å². The standard InChI is InChI=1S/C27H34ClN7O3/c1-16(2)20-15-37-12-11-34(20)27-33-24-22(35(27)14-17-7-4-3-5-8-17)21(18-9-6-10-19(28)13-18)31-25(32-24)23(29)38-26(30)36/h6,9-10,13,16-17,20,29H,3-5,7-8,11-12,14-15H2,1-2H3,(H2,30,36). The summed E-state index contributed by atoms with van der Waals surface area (Å²) in [5.41, 5.74) is 7.72. The van der Waals surface area contributed by atoms with Gasteiger partial charge in [0.2, 0.25) is 11.8 Å². The van der Waals surface area contributed by atoms with Crippen molar-refractivity contribution in [3.8, 4) is 11.3 Å². The van der Waals surface area contributed by atoms with Crippen molar-refractivity contribution in [1.29, 1.82) is 5.41 Å². The van der Waals surface area contributed by atoms with E-state index in [9.17, 15) is 4.79 Å². The maximum Gasteiger partial charge on any atom is 0.411 e. The molecule has 10 nitrogen and oxygen atoms in total. The topological polar surface area (TPSA) is 132 Å². The highest BCUT2D eigenvalue weighted by molar-refractivity contribution is 6.30. The van der Waals surface area contributed by atoms with Gasteiger partial charge in [-0.25, -0.2) is 14.8 Å². The van der Waals surface area contributed by atoms with Crippen LogP contribution in [0.1, 0.15) is 51.8 Å². The van der Waals surface area contributed by atoms with Crippen molar-refractivity contribution >= 4 is 40.7 Å². The highest BCUT2D eigenvalue weighted by Crippen LogP contribution is 2.36. The van der Waals surface area contributed by atoms with E-state index in [2.05, 4.69) is 28.3 Å². The molecule has 3 heterocycles. The third-order valence-electron chi connectivity index (χ3n) is 7.44. The first-order chi connectivity index (χ1) is 18.3. The summed E-state index contributed by atoms with van der Waals surface area (Å²) < 4.78 is 12.9. The van der Waals surface area contributed by atoms with Crippen molar-refractivity contribution < 1.29 is 14.3 Å². The largest absolute Gasteiger partial charge is 0.411 e. The Hall–Kier alpha value is -3.24. The average Bonchev–Trinajstić information content (AvgIpc) is 3.26. The summed E-state index contributed by atoms with van der Waals surface area (Å²) in [5, 5.41) is 8.81. The number of nitrogens with zero attached hydrogens (tertiary/aromatic N) is 5. The zero-order chi connectivity index (χ0) is 26.8. The van der Waals surface area contributed by atoms with Gasteiger partial charge >= 0.3 is 6.09 Å². The van der Waals surface area contributed by atoms with Gasteiger partial charge in [0.15, 0.2) is 5.65 Å². The average molecular weight is 540 g/mol. The first-order valence-corrected chi connectivity index (χ1v) is 13.6. The predicted octanol–water partition coefficient (Wildman–Crippen LogP) is 5.01. The minimum Gasteiger partial charge on any atom is -0.388 e. The summed E-state index contributed by atoms with van der Waals surface area (Å²) in [4.78, 5) is 28.0. The van der Waals surface area contributed by atoms with Crippen molar-refractivity contribution in [3.63, 3.8) is 0 Å². The van der Waals surface area contributed by atoms with Crippen molar-refractivity contribution in [2.75, 3.05) is 24.7 Å². The van der Waals surface area contributed by atoms with E-state index in [1.54, 1.807) is 6.07 Å². The molecule has 1 aliphatic carbocycles. The molecular weight excluding hydrogens is 506 g/mol. The fourth-order valence-electron chi connectivity index (χ4n) is 5.55. The number of nitrogens with two attached hydrogens (primary N) is 1. The minimum atomic E-state index is -1.10. The Bertz CT molecular complexity index is 1340. The number of morpholine rings is 1. The second-order valence-corrected chi connectivity index (χ2v) is 10.9. The van der Waals surface area contributed by atoms with E-state index in [0.717, 1.165) is 23.6 Å². The third kappa shape index (κ3) is 5.47. The summed E-state index contributed by atoms with van der Waals surface area (Å²) in [5.74, 6) is 1.09. The molecule has 1 atom stereocenters. The smallest absolute Gasteiger partial charge is 0.388 e. The van der Waals surface area contributed by atoms with Gasteiger partial charge in [0.1, 0.15) is 11.2 Å². The van der Waals surface area contributed by atoms with Crippen LogP contribution in [0.4, 0.5) is 10.7 Å². The highest BCUT2D eigenvalue weighted by atomic mass is 35.5. The second kappa shape index (κ2) is 11.2. The van der Waals surface area contributed by atoms with Crippen LogP contribution in [0.3, 0.4) is 0 Å². The van der Waals surface area contributed by atoms with Gasteiger partial charge in [0.05, 0.1) is 19.3 Å². The third-order valence-corrected chi connectivity index (χ3v) is 7.68. The maximum absolute atomic E-state index is 11.4. The quantitative estimate of drug-likeness (QED) is 0.332. The van der Waals surface area contributed by atoms with E-state index < -0.39 is 12.0 Å². The Morgan fingerprint density at radius 2 is 2.03 bits per heavy atom. The van der Waals surface area contributed by atoms with Crippen LogP contribution in [0.15, 0.2) is 24.3 Å². The summed E-state index contributed by atoms with van der Waals surface area (Å²) in [6, 6.07) is 7.56. The van der Waals surface area contributed by atoms with E-state index in [-0.39, 0.29) is 11.9 Å². The maximum atomic E-state index is 11.4. The Balaban J connectivity index is 1.74.